The van der Waals surface area contributed by atoms with Crippen LogP contribution in [0.25, 0.3) is 0 Å². The quantitative estimate of drug-likeness (QED) is 0.320. The Balaban J connectivity index is 2.35. The Morgan fingerprint density at radius 1 is 1.41 bits per heavy atom. The molecule has 0 saturated heterocycles. The second-order valence-electron chi connectivity index (χ2n) is 3.17. The summed E-state index contributed by atoms with van der Waals surface area (Å²) in [4.78, 5) is 22.0. The number of esters is 2. The number of carbonyl (C=O) groups is 2. The van der Waals surface area contributed by atoms with Crippen molar-refractivity contribution in [3.8, 4) is 5.75 Å². The summed E-state index contributed by atoms with van der Waals surface area (Å²) >= 11 is 0. The van der Waals surface area contributed by atoms with Gasteiger partial charge in [0.2, 0.25) is 0 Å². The van der Waals surface area contributed by atoms with Crippen molar-refractivity contribution in [3.63, 3.8) is 0 Å². The number of carbonyl (C=O) groups excluding carboxylic acids is 2. The van der Waals surface area contributed by atoms with Crippen molar-refractivity contribution in [3.05, 3.63) is 36.9 Å². The van der Waals surface area contributed by atoms with Crippen molar-refractivity contribution in [1.82, 2.24) is 0 Å². The number of hydrogen-bond acceptors (Lipinski definition) is 4. The van der Waals surface area contributed by atoms with E-state index in [0.29, 0.717) is 11.2 Å². The summed E-state index contributed by atoms with van der Waals surface area (Å²) in [6.07, 6.45) is 1.01. The van der Waals surface area contributed by atoms with E-state index in [1.807, 2.05) is 0 Å². The molecule has 0 aliphatic rings. The smallest absolute Gasteiger partial charge is 0.330 e. The first kappa shape index (κ1) is 13.0. The molecular formula is C12H11BO4. The zero-order valence-electron chi connectivity index (χ0n) is 9.22. The molecular weight excluding hydrogens is 219 g/mol. The number of ether oxygens (including phenoxy) is 2. The third kappa shape index (κ3) is 5.02. The molecule has 0 aromatic heterocycles. The van der Waals surface area contributed by atoms with Crippen molar-refractivity contribution in [2.75, 3.05) is 6.61 Å². The van der Waals surface area contributed by atoms with Gasteiger partial charge in [-0.3, -0.25) is 4.79 Å². The highest BCUT2D eigenvalue weighted by Crippen LogP contribution is 2.07. The summed E-state index contributed by atoms with van der Waals surface area (Å²) in [6.45, 7) is 3.20. The number of benzene rings is 1. The van der Waals surface area contributed by atoms with Crippen LogP contribution in [0.1, 0.15) is 6.42 Å². The van der Waals surface area contributed by atoms with E-state index in [9.17, 15) is 9.59 Å². The molecule has 4 nitrogen and oxygen atoms in total. The van der Waals surface area contributed by atoms with Gasteiger partial charge in [-0.05, 0) is 12.1 Å². The summed E-state index contributed by atoms with van der Waals surface area (Å²) in [5.41, 5.74) is 0.508. The van der Waals surface area contributed by atoms with Crippen LogP contribution in [-0.2, 0) is 14.3 Å². The van der Waals surface area contributed by atoms with E-state index >= 15 is 0 Å². The largest absolute Gasteiger partial charge is 0.462 e. The minimum absolute atomic E-state index is 0.0195. The Labute approximate surface area is 101 Å². The monoisotopic (exact) mass is 230 g/mol. The van der Waals surface area contributed by atoms with Gasteiger partial charge in [0.15, 0.2) is 0 Å². The first-order valence-corrected chi connectivity index (χ1v) is 4.97. The maximum absolute atomic E-state index is 11.3. The first-order valence-electron chi connectivity index (χ1n) is 4.97. The molecule has 0 N–H and O–H groups in total. The van der Waals surface area contributed by atoms with Gasteiger partial charge in [-0.2, -0.15) is 0 Å². The highest BCUT2D eigenvalue weighted by molar-refractivity contribution is 6.32. The lowest BCUT2D eigenvalue weighted by Crippen LogP contribution is -2.14. The second-order valence-corrected chi connectivity index (χ2v) is 3.17. The fraction of sp³-hybridized carbons (Fsp3) is 0.167. The average molecular weight is 230 g/mol. The Morgan fingerprint density at radius 2 is 2.18 bits per heavy atom. The zero-order chi connectivity index (χ0) is 12.7. The van der Waals surface area contributed by atoms with Crippen molar-refractivity contribution in [2.45, 2.75) is 6.42 Å². The van der Waals surface area contributed by atoms with Crippen molar-refractivity contribution >= 4 is 25.2 Å². The molecule has 0 saturated carbocycles. The van der Waals surface area contributed by atoms with Crippen LogP contribution in [0.2, 0.25) is 0 Å². The molecule has 1 aromatic carbocycles. The average Bonchev–Trinajstić information content (AvgIpc) is 2.28. The molecule has 0 amide bonds. The maximum atomic E-state index is 11.3. The van der Waals surface area contributed by atoms with Crippen molar-refractivity contribution in [1.29, 1.82) is 0 Å². The Bertz CT molecular complexity index is 428. The molecule has 0 heterocycles. The lowest BCUT2D eigenvalue weighted by molar-refractivity contribution is -0.141. The molecule has 1 aromatic rings. The Hall–Kier alpha value is -2.04. The summed E-state index contributed by atoms with van der Waals surface area (Å²) < 4.78 is 9.62. The van der Waals surface area contributed by atoms with Gasteiger partial charge in [-0.15, -0.1) is 0 Å². The molecule has 0 aliphatic carbocycles. The minimum Gasteiger partial charge on any atom is -0.462 e. The molecule has 5 heteroatoms. The molecule has 0 aliphatic heterocycles. The van der Waals surface area contributed by atoms with Crippen LogP contribution < -0.4 is 10.2 Å². The Kier molecular flexibility index (Phi) is 5.00. The second kappa shape index (κ2) is 6.53. The predicted octanol–water partition coefficient (Wildman–Crippen LogP) is 0.505. The highest BCUT2D eigenvalue weighted by Gasteiger charge is 2.06. The van der Waals surface area contributed by atoms with E-state index in [1.165, 1.54) is 6.07 Å². The lowest BCUT2D eigenvalue weighted by atomic mass is 9.96. The fourth-order valence-corrected chi connectivity index (χ4v) is 1.05. The van der Waals surface area contributed by atoms with Gasteiger partial charge in [0, 0.05) is 6.08 Å². The maximum Gasteiger partial charge on any atom is 0.330 e. The van der Waals surface area contributed by atoms with E-state index in [2.05, 4.69) is 11.3 Å². The number of hydrogen-bond donors (Lipinski definition) is 0. The molecule has 1 rings (SSSR count). The van der Waals surface area contributed by atoms with Crippen LogP contribution >= 0.6 is 0 Å². The van der Waals surface area contributed by atoms with E-state index in [4.69, 9.17) is 12.6 Å². The molecule has 0 atom stereocenters. The van der Waals surface area contributed by atoms with Crippen molar-refractivity contribution in [2.24, 2.45) is 0 Å². The van der Waals surface area contributed by atoms with Crippen LogP contribution in [0, 0.1) is 0 Å². The van der Waals surface area contributed by atoms with Gasteiger partial charge >= 0.3 is 11.9 Å². The molecule has 2 radical (unpaired) electrons. The zero-order valence-corrected chi connectivity index (χ0v) is 9.22. The molecule has 0 bridgehead atoms. The minimum atomic E-state index is -0.568. The summed E-state index contributed by atoms with van der Waals surface area (Å²) in [5.74, 6) is -0.695. The van der Waals surface area contributed by atoms with Gasteiger partial charge in [-0.25, -0.2) is 4.79 Å². The number of rotatable bonds is 5. The van der Waals surface area contributed by atoms with E-state index in [0.717, 1.165) is 6.08 Å². The van der Waals surface area contributed by atoms with Crippen LogP contribution in [0.5, 0.6) is 5.75 Å². The normalized spacial score (nSPS) is 9.41. The highest BCUT2D eigenvalue weighted by atomic mass is 16.5. The molecule has 0 spiro atoms. The van der Waals surface area contributed by atoms with Gasteiger partial charge in [0.1, 0.15) is 20.2 Å². The molecule has 17 heavy (non-hydrogen) atoms. The topological polar surface area (TPSA) is 52.6 Å². The summed E-state index contributed by atoms with van der Waals surface area (Å²) in [7, 11) is 5.52. The van der Waals surface area contributed by atoms with Gasteiger partial charge in [-0.1, -0.05) is 24.2 Å². The van der Waals surface area contributed by atoms with Crippen LogP contribution in [0.4, 0.5) is 0 Å². The van der Waals surface area contributed by atoms with E-state index in [1.54, 1.807) is 18.2 Å². The van der Waals surface area contributed by atoms with E-state index in [-0.39, 0.29) is 13.0 Å². The summed E-state index contributed by atoms with van der Waals surface area (Å²) in [5, 5.41) is 0. The van der Waals surface area contributed by atoms with Crippen LogP contribution in [-0.4, -0.2) is 26.4 Å². The molecule has 0 unspecified atom stereocenters. The molecule has 86 valence electrons. The molecule has 0 fully saturated rings. The fourth-order valence-electron chi connectivity index (χ4n) is 1.05. The third-order valence-electron chi connectivity index (χ3n) is 1.81. The van der Waals surface area contributed by atoms with Crippen LogP contribution in [0.3, 0.4) is 0 Å². The third-order valence-corrected chi connectivity index (χ3v) is 1.81. The predicted molar refractivity (Wildman–Crippen MR) is 63.2 cm³/mol. The van der Waals surface area contributed by atoms with Crippen molar-refractivity contribution < 1.29 is 19.1 Å². The van der Waals surface area contributed by atoms with E-state index < -0.39 is 11.9 Å². The van der Waals surface area contributed by atoms with Gasteiger partial charge < -0.3 is 9.47 Å². The SMILES string of the molecule is [B]c1cccc(OC(=O)CCOC(=O)C=C)c1. The van der Waals surface area contributed by atoms with Gasteiger partial charge in [0.05, 0.1) is 6.42 Å². The summed E-state index contributed by atoms with van der Waals surface area (Å²) in [6, 6.07) is 6.51. The standard InChI is InChI=1S/C12H11BO4/c1-2-11(14)16-7-6-12(15)17-10-5-3-4-9(13)8-10/h2-5,8H,1,6-7H2. The lowest BCUT2D eigenvalue weighted by Gasteiger charge is -2.05. The van der Waals surface area contributed by atoms with Crippen LogP contribution in [0.15, 0.2) is 36.9 Å². The van der Waals surface area contributed by atoms with Gasteiger partial charge in [0.25, 0.3) is 0 Å². The first-order chi connectivity index (χ1) is 8.11. The Morgan fingerprint density at radius 3 is 2.82 bits per heavy atom.